The molecule has 3 nitrogen and oxygen atoms in total. The zero-order chi connectivity index (χ0) is 10.1. The van der Waals surface area contributed by atoms with Gasteiger partial charge in [0.2, 0.25) is 0 Å². The molecule has 0 bridgehead atoms. The van der Waals surface area contributed by atoms with Crippen LogP contribution in [0.1, 0.15) is 33.1 Å². The lowest BCUT2D eigenvalue weighted by atomic mass is 9.81. The van der Waals surface area contributed by atoms with Crippen LogP contribution in [-0.2, 0) is 9.53 Å². The Hall–Kier alpha value is -0.570. The zero-order valence-electron chi connectivity index (χ0n) is 8.54. The maximum absolute atomic E-state index is 11.3. The van der Waals surface area contributed by atoms with Crippen molar-refractivity contribution >= 4 is 5.97 Å². The monoisotopic (exact) mass is 186 g/mol. The van der Waals surface area contributed by atoms with Crippen LogP contribution in [0.3, 0.4) is 0 Å². The molecule has 0 aromatic rings. The van der Waals surface area contributed by atoms with Crippen LogP contribution in [0.5, 0.6) is 0 Å². The Morgan fingerprint density at radius 2 is 2.31 bits per heavy atom. The van der Waals surface area contributed by atoms with E-state index in [1.807, 2.05) is 6.92 Å². The Labute approximate surface area is 79.1 Å². The number of hydrogen-bond acceptors (Lipinski definition) is 3. The minimum atomic E-state index is -0.840. The standard InChI is InChI=1S/C10H18O3/c1-7-5-4-6-10(7,12)8(2)9(11)13-3/h7-8,12H,4-6H2,1-3H3. The smallest absolute Gasteiger partial charge is 0.311 e. The first-order chi connectivity index (χ1) is 6.02. The molecule has 3 heteroatoms. The highest BCUT2D eigenvalue weighted by atomic mass is 16.5. The van der Waals surface area contributed by atoms with Gasteiger partial charge < -0.3 is 9.84 Å². The molecule has 1 fully saturated rings. The van der Waals surface area contributed by atoms with Crippen LogP contribution >= 0.6 is 0 Å². The van der Waals surface area contributed by atoms with E-state index in [-0.39, 0.29) is 11.9 Å². The minimum absolute atomic E-state index is 0.196. The second kappa shape index (κ2) is 3.66. The summed E-state index contributed by atoms with van der Waals surface area (Å²) >= 11 is 0. The van der Waals surface area contributed by atoms with Gasteiger partial charge in [-0.3, -0.25) is 4.79 Å². The minimum Gasteiger partial charge on any atom is -0.469 e. The van der Waals surface area contributed by atoms with Gasteiger partial charge in [0.1, 0.15) is 0 Å². The lowest BCUT2D eigenvalue weighted by molar-refractivity contribution is -0.157. The summed E-state index contributed by atoms with van der Waals surface area (Å²) in [4.78, 5) is 11.3. The van der Waals surface area contributed by atoms with Crippen molar-refractivity contribution in [3.05, 3.63) is 0 Å². The highest BCUT2D eigenvalue weighted by Crippen LogP contribution is 2.40. The van der Waals surface area contributed by atoms with Gasteiger partial charge in [-0.15, -0.1) is 0 Å². The molecule has 0 amide bonds. The number of methoxy groups -OCH3 is 1. The average Bonchev–Trinajstić information content (AvgIpc) is 2.46. The molecule has 0 radical (unpaired) electrons. The molecule has 1 rings (SSSR count). The molecule has 0 aromatic heterocycles. The SMILES string of the molecule is COC(=O)C(C)C1(O)CCCC1C. The summed E-state index contributed by atoms with van der Waals surface area (Å²) in [6.45, 7) is 3.74. The molecule has 0 heterocycles. The van der Waals surface area contributed by atoms with Gasteiger partial charge in [-0.05, 0) is 25.7 Å². The van der Waals surface area contributed by atoms with Crippen molar-refractivity contribution in [1.29, 1.82) is 0 Å². The van der Waals surface area contributed by atoms with E-state index in [0.29, 0.717) is 6.42 Å². The van der Waals surface area contributed by atoms with Gasteiger partial charge in [0, 0.05) is 0 Å². The maximum Gasteiger partial charge on any atom is 0.311 e. The summed E-state index contributed by atoms with van der Waals surface area (Å²) in [5.41, 5.74) is -0.840. The van der Waals surface area contributed by atoms with E-state index < -0.39 is 11.5 Å². The number of ether oxygens (including phenoxy) is 1. The fourth-order valence-corrected chi connectivity index (χ4v) is 2.21. The van der Waals surface area contributed by atoms with Crippen molar-refractivity contribution in [2.24, 2.45) is 11.8 Å². The van der Waals surface area contributed by atoms with Crippen LogP contribution in [0.15, 0.2) is 0 Å². The molecule has 1 aliphatic rings. The summed E-state index contributed by atoms with van der Waals surface area (Å²) in [5, 5.41) is 10.2. The molecule has 0 aromatic carbocycles. The summed E-state index contributed by atoms with van der Waals surface area (Å²) in [6, 6.07) is 0. The highest BCUT2D eigenvalue weighted by Gasteiger charge is 2.46. The van der Waals surface area contributed by atoms with Gasteiger partial charge in [0.25, 0.3) is 0 Å². The predicted molar refractivity (Wildman–Crippen MR) is 49.1 cm³/mol. The van der Waals surface area contributed by atoms with Crippen LogP contribution in [0.4, 0.5) is 0 Å². The van der Waals surface area contributed by atoms with Crippen LogP contribution < -0.4 is 0 Å². The number of carbonyl (C=O) groups excluding carboxylic acids is 1. The average molecular weight is 186 g/mol. The maximum atomic E-state index is 11.3. The zero-order valence-corrected chi connectivity index (χ0v) is 8.54. The van der Waals surface area contributed by atoms with Gasteiger partial charge in [-0.1, -0.05) is 13.3 Å². The predicted octanol–water partition coefficient (Wildman–Crippen LogP) is 1.35. The molecule has 1 aliphatic carbocycles. The Bertz CT molecular complexity index is 202. The molecular weight excluding hydrogens is 168 g/mol. The Kier molecular flexibility index (Phi) is 2.96. The van der Waals surface area contributed by atoms with Crippen LogP contribution in [-0.4, -0.2) is 23.8 Å². The third-order valence-corrected chi connectivity index (χ3v) is 3.37. The van der Waals surface area contributed by atoms with Crippen molar-refractivity contribution in [2.75, 3.05) is 7.11 Å². The quantitative estimate of drug-likeness (QED) is 0.662. The van der Waals surface area contributed by atoms with Crippen molar-refractivity contribution in [3.8, 4) is 0 Å². The third-order valence-electron chi connectivity index (χ3n) is 3.37. The number of hydrogen-bond donors (Lipinski definition) is 1. The number of esters is 1. The van der Waals surface area contributed by atoms with E-state index in [2.05, 4.69) is 4.74 Å². The molecule has 3 atom stereocenters. The molecule has 1 saturated carbocycles. The summed E-state index contributed by atoms with van der Waals surface area (Å²) < 4.78 is 4.64. The first-order valence-electron chi connectivity index (χ1n) is 4.82. The first-order valence-corrected chi connectivity index (χ1v) is 4.82. The summed E-state index contributed by atoms with van der Waals surface area (Å²) in [5.74, 6) is -0.521. The first kappa shape index (κ1) is 10.5. The molecule has 0 saturated heterocycles. The number of rotatable bonds is 2. The van der Waals surface area contributed by atoms with E-state index in [1.54, 1.807) is 6.92 Å². The topological polar surface area (TPSA) is 46.5 Å². The van der Waals surface area contributed by atoms with Gasteiger partial charge in [0.15, 0.2) is 0 Å². The van der Waals surface area contributed by atoms with Crippen molar-refractivity contribution in [2.45, 2.75) is 38.7 Å². The lowest BCUT2D eigenvalue weighted by Crippen LogP contribution is -2.43. The van der Waals surface area contributed by atoms with Crippen LogP contribution in [0.2, 0.25) is 0 Å². The molecule has 0 spiro atoms. The van der Waals surface area contributed by atoms with E-state index >= 15 is 0 Å². The van der Waals surface area contributed by atoms with E-state index in [1.165, 1.54) is 7.11 Å². The molecule has 1 N–H and O–H groups in total. The van der Waals surface area contributed by atoms with Crippen molar-refractivity contribution in [1.82, 2.24) is 0 Å². The normalized spacial score (nSPS) is 35.8. The van der Waals surface area contributed by atoms with Gasteiger partial charge >= 0.3 is 5.97 Å². The summed E-state index contributed by atoms with van der Waals surface area (Å²) in [7, 11) is 1.36. The van der Waals surface area contributed by atoms with Gasteiger partial charge in [-0.2, -0.15) is 0 Å². The second-order valence-electron chi connectivity index (χ2n) is 4.03. The van der Waals surface area contributed by atoms with Crippen molar-refractivity contribution < 1.29 is 14.6 Å². The second-order valence-corrected chi connectivity index (χ2v) is 4.03. The van der Waals surface area contributed by atoms with Crippen LogP contribution in [0, 0.1) is 11.8 Å². The molecular formula is C10H18O3. The fraction of sp³-hybridized carbons (Fsp3) is 0.900. The Balaban J connectivity index is 2.73. The lowest BCUT2D eigenvalue weighted by Gasteiger charge is -2.32. The molecule has 76 valence electrons. The Morgan fingerprint density at radius 1 is 1.69 bits per heavy atom. The molecule has 13 heavy (non-hydrogen) atoms. The molecule has 0 aliphatic heterocycles. The largest absolute Gasteiger partial charge is 0.469 e. The van der Waals surface area contributed by atoms with Crippen molar-refractivity contribution in [3.63, 3.8) is 0 Å². The van der Waals surface area contributed by atoms with Crippen LogP contribution in [0.25, 0.3) is 0 Å². The Morgan fingerprint density at radius 3 is 2.69 bits per heavy atom. The molecule has 3 unspecified atom stereocenters. The van der Waals surface area contributed by atoms with E-state index in [9.17, 15) is 9.90 Å². The van der Waals surface area contributed by atoms with E-state index in [0.717, 1.165) is 12.8 Å². The number of carbonyl (C=O) groups is 1. The highest BCUT2D eigenvalue weighted by molar-refractivity contribution is 5.73. The fourth-order valence-electron chi connectivity index (χ4n) is 2.21. The van der Waals surface area contributed by atoms with Gasteiger partial charge in [0.05, 0.1) is 18.6 Å². The third kappa shape index (κ3) is 1.70. The summed E-state index contributed by atoms with van der Waals surface area (Å²) in [6.07, 6.45) is 2.71. The van der Waals surface area contributed by atoms with Gasteiger partial charge in [-0.25, -0.2) is 0 Å². The van der Waals surface area contributed by atoms with E-state index in [4.69, 9.17) is 0 Å². The number of aliphatic hydroxyl groups is 1.